The number of anilines is 1. The summed E-state index contributed by atoms with van der Waals surface area (Å²) in [6, 6.07) is 8.36. The van der Waals surface area contributed by atoms with Crippen LogP contribution in [-0.4, -0.2) is 35.5 Å². The minimum Gasteiger partial charge on any atom is -0.356 e. The van der Waals surface area contributed by atoms with E-state index in [1.165, 1.54) is 5.56 Å². The lowest BCUT2D eigenvalue weighted by molar-refractivity contribution is -0.125. The normalized spacial score (nSPS) is 17.4. The maximum atomic E-state index is 12.4. The smallest absolute Gasteiger partial charge is 0.225 e. The van der Waals surface area contributed by atoms with Crippen molar-refractivity contribution in [3.8, 4) is 11.1 Å². The molecule has 1 aromatic heterocycles. The fourth-order valence-corrected chi connectivity index (χ4v) is 3.20. The molecule has 1 unspecified atom stereocenters. The van der Waals surface area contributed by atoms with E-state index in [2.05, 4.69) is 65.2 Å². The number of aromatic nitrogens is 2. The van der Waals surface area contributed by atoms with Gasteiger partial charge in [-0.1, -0.05) is 43.7 Å². The SMILES string of the molecule is Cc1ccc(-c2cnc(N3CCCC(C(=O)NCC(C)C)C3)nc2)cc1. The number of aryl methyl sites for hydroxylation is 1. The van der Waals surface area contributed by atoms with Crippen LogP contribution in [0.25, 0.3) is 11.1 Å². The van der Waals surface area contributed by atoms with Gasteiger partial charge in [-0.2, -0.15) is 0 Å². The summed E-state index contributed by atoms with van der Waals surface area (Å²) in [5.41, 5.74) is 3.37. The van der Waals surface area contributed by atoms with E-state index in [4.69, 9.17) is 0 Å². The van der Waals surface area contributed by atoms with Crippen molar-refractivity contribution >= 4 is 11.9 Å². The van der Waals surface area contributed by atoms with Crippen molar-refractivity contribution in [2.24, 2.45) is 11.8 Å². The number of benzene rings is 1. The van der Waals surface area contributed by atoms with Crippen molar-refractivity contribution < 1.29 is 4.79 Å². The van der Waals surface area contributed by atoms with Gasteiger partial charge in [0, 0.05) is 37.6 Å². The molecule has 3 rings (SSSR count). The molecule has 0 spiro atoms. The Labute approximate surface area is 155 Å². The van der Waals surface area contributed by atoms with Gasteiger partial charge >= 0.3 is 0 Å². The Morgan fingerprint density at radius 1 is 1.19 bits per heavy atom. The molecule has 1 fully saturated rings. The molecule has 1 aliphatic rings. The Morgan fingerprint density at radius 2 is 1.88 bits per heavy atom. The van der Waals surface area contributed by atoms with Gasteiger partial charge < -0.3 is 10.2 Å². The van der Waals surface area contributed by atoms with Crippen molar-refractivity contribution in [2.75, 3.05) is 24.5 Å². The van der Waals surface area contributed by atoms with E-state index >= 15 is 0 Å². The lowest BCUT2D eigenvalue weighted by Gasteiger charge is -2.32. The van der Waals surface area contributed by atoms with E-state index < -0.39 is 0 Å². The van der Waals surface area contributed by atoms with Crippen LogP contribution in [-0.2, 0) is 4.79 Å². The predicted molar refractivity (Wildman–Crippen MR) is 105 cm³/mol. The maximum absolute atomic E-state index is 12.4. The van der Waals surface area contributed by atoms with E-state index in [-0.39, 0.29) is 11.8 Å². The summed E-state index contributed by atoms with van der Waals surface area (Å²) in [7, 11) is 0. The first-order valence-electron chi connectivity index (χ1n) is 9.44. The van der Waals surface area contributed by atoms with E-state index in [1.807, 2.05) is 12.4 Å². The Kier molecular flexibility index (Phi) is 5.86. The van der Waals surface area contributed by atoms with Crippen LogP contribution < -0.4 is 10.2 Å². The highest BCUT2D eigenvalue weighted by molar-refractivity contribution is 5.79. The van der Waals surface area contributed by atoms with Crippen LogP contribution in [0.3, 0.4) is 0 Å². The standard InChI is InChI=1S/C21H28N4O/c1-15(2)11-22-20(26)18-5-4-10-25(14-18)21-23-12-19(13-24-21)17-8-6-16(3)7-9-17/h6-9,12-13,15,18H,4-5,10-11,14H2,1-3H3,(H,22,26). The molecular formula is C21H28N4O. The predicted octanol–water partition coefficient (Wildman–Crippen LogP) is 3.44. The van der Waals surface area contributed by atoms with Crippen LogP contribution >= 0.6 is 0 Å². The number of piperidine rings is 1. The number of carbonyl (C=O) groups excluding carboxylic acids is 1. The first kappa shape index (κ1) is 18.4. The Balaban J connectivity index is 1.65. The van der Waals surface area contributed by atoms with Gasteiger partial charge in [-0.25, -0.2) is 9.97 Å². The van der Waals surface area contributed by atoms with Crippen LogP contribution in [0.5, 0.6) is 0 Å². The van der Waals surface area contributed by atoms with Crippen molar-refractivity contribution in [3.05, 3.63) is 42.2 Å². The molecule has 1 N–H and O–H groups in total. The second kappa shape index (κ2) is 8.30. The van der Waals surface area contributed by atoms with Crippen molar-refractivity contribution in [2.45, 2.75) is 33.6 Å². The van der Waals surface area contributed by atoms with Gasteiger partial charge in [-0.3, -0.25) is 4.79 Å². The Hall–Kier alpha value is -2.43. The zero-order valence-corrected chi connectivity index (χ0v) is 15.9. The van der Waals surface area contributed by atoms with Crippen molar-refractivity contribution in [3.63, 3.8) is 0 Å². The van der Waals surface area contributed by atoms with E-state index in [9.17, 15) is 4.79 Å². The summed E-state index contributed by atoms with van der Waals surface area (Å²) < 4.78 is 0. The van der Waals surface area contributed by atoms with E-state index in [0.717, 1.165) is 37.1 Å². The Morgan fingerprint density at radius 3 is 2.54 bits per heavy atom. The van der Waals surface area contributed by atoms with Gasteiger partial charge in [0.2, 0.25) is 11.9 Å². The van der Waals surface area contributed by atoms with E-state index in [1.54, 1.807) is 0 Å². The lowest BCUT2D eigenvalue weighted by Crippen LogP contribution is -2.44. The molecule has 0 radical (unpaired) electrons. The molecule has 5 nitrogen and oxygen atoms in total. The summed E-state index contributed by atoms with van der Waals surface area (Å²) in [4.78, 5) is 23.6. The van der Waals surface area contributed by atoms with Gasteiger partial charge in [0.1, 0.15) is 0 Å². The van der Waals surface area contributed by atoms with Gasteiger partial charge in [-0.15, -0.1) is 0 Å². The quantitative estimate of drug-likeness (QED) is 0.895. The number of nitrogens with zero attached hydrogens (tertiary/aromatic N) is 3. The molecule has 26 heavy (non-hydrogen) atoms. The van der Waals surface area contributed by atoms with Crippen LogP contribution in [0.4, 0.5) is 5.95 Å². The molecule has 5 heteroatoms. The van der Waals surface area contributed by atoms with Gasteiger partial charge in [-0.05, 0) is 31.2 Å². The summed E-state index contributed by atoms with van der Waals surface area (Å²) in [6.07, 6.45) is 5.66. The fraction of sp³-hybridized carbons (Fsp3) is 0.476. The molecular weight excluding hydrogens is 324 g/mol. The van der Waals surface area contributed by atoms with Crippen LogP contribution in [0, 0.1) is 18.8 Å². The number of carbonyl (C=O) groups is 1. The number of hydrogen-bond acceptors (Lipinski definition) is 4. The average Bonchev–Trinajstić information content (AvgIpc) is 2.67. The first-order valence-corrected chi connectivity index (χ1v) is 9.44. The third kappa shape index (κ3) is 4.59. The maximum Gasteiger partial charge on any atom is 0.225 e. The second-order valence-electron chi connectivity index (χ2n) is 7.56. The largest absolute Gasteiger partial charge is 0.356 e. The number of hydrogen-bond donors (Lipinski definition) is 1. The van der Waals surface area contributed by atoms with E-state index in [0.29, 0.717) is 18.4 Å². The number of amides is 1. The van der Waals surface area contributed by atoms with Crippen LogP contribution in [0.1, 0.15) is 32.3 Å². The third-order valence-corrected chi connectivity index (χ3v) is 4.78. The summed E-state index contributed by atoms with van der Waals surface area (Å²) in [5, 5.41) is 3.05. The average molecular weight is 352 g/mol. The molecule has 1 aliphatic heterocycles. The molecule has 1 saturated heterocycles. The second-order valence-corrected chi connectivity index (χ2v) is 7.56. The highest BCUT2D eigenvalue weighted by Gasteiger charge is 2.27. The molecule has 0 aliphatic carbocycles. The monoisotopic (exact) mass is 352 g/mol. The molecule has 0 saturated carbocycles. The van der Waals surface area contributed by atoms with Crippen LogP contribution in [0.15, 0.2) is 36.7 Å². The Bertz CT molecular complexity index is 725. The highest BCUT2D eigenvalue weighted by Crippen LogP contribution is 2.23. The summed E-state index contributed by atoms with van der Waals surface area (Å²) >= 11 is 0. The van der Waals surface area contributed by atoms with Gasteiger partial charge in [0.05, 0.1) is 5.92 Å². The van der Waals surface area contributed by atoms with Gasteiger partial charge in [0.25, 0.3) is 0 Å². The van der Waals surface area contributed by atoms with Crippen molar-refractivity contribution in [1.82, 2.24) is 15.3 Å². The topological polar surface area (TPSA) is 58.1 Å². The summed E-state index contributed by atoms with van der Waals surface area (Å²) in [5.74, 6) is 1.35. The first-order chi connectivity index (χ1) is 12.5. The van der Waals surface area contributed by atoms with Crippen molar-refractivity contribution in [1.29, 1.82) is 0 Å². The molecule has 1 aromatic carbocycles. The fourth-order valence-electron chi connectivity index (χ4n) is 3.20. The molecule has 1 atom stereocenters. The van der Waals surface area contributed by atoms with Crippen LogP contribution in [0.2, 0.25) is 0 Å². The molecule has 2 aromatic rings. The molecule has 2 heterocycles. The number of rotatable bonds is 5. The van der Waals surface area contributed by atoms with Gasteiger partial charge in [0.15, 0.2) is 0 Å². The summed E-state index contributed by atoms with van der Waals surface area (Å²) in [6.45, 7) is 8.62. The molecule has 1 amide bonds. The highest BCUT2D eigenvalue weighted by atomic mass is 16.1. The minimum absolute atomic E-state index is 0.0166. The zero-order chi connectivity index (χ0) is 18.5. The molecule has 0 bridgehead atoms. The minimum atomic E-state index is 0.0166. The number of nitrogens with one attached hydrogen (secondary N) is 1. The lowest BCUT2D eigenvalue weighted by atomic mass is 9.97. The third-order valence-electron chi connectivity index (χ3n) is 4.78. The molecule has 138 valence electrons. The zero-order valence-electron chi connectivity index (χ0n) is 15.9.